The SMILES string of the molecule is CO[C@H]1CCC[C@H]1[Hg][Cl]. The van der Waals surface area contributed by atoms with E-state index in [1.165, 1.54) is 19.3 Å². The third-order valence-corrected chi connectivity index (χ3v) is 10.7. The van der Waals surface area contributed by atoms with E-state index in [9.17, 15) is 0 Å². The Morgan fingerprint density at radius 2 is 2.33 bits per heavy atom. The standard InChI is InChI=1S/C6H11O.ClH.Hg/c1-7-6-4-2-3-5-6;;/h4,6H,2-3,5H2,1H3;1H;/q;;+1/p-1/t6-;;/m1../s1. The quantitative estimate of drug-likeness (QED) is 0.703. The minimum atomic E-state index is -0.971. The van der Waals surface area contributed by atoms with Gasteiger partial charge in [0.15, 0.2) is 0 Å². The van der Waals surface area contributed by atoms with Crippen LogP contribution in [0.1, 0.15) is 19.3 Å². The van der Waals surface area contributed by atoms with Crippen LogP contribution >= 0.6 is 8.25 Å². The third-order valence-electron chi connectivity index (χ3n) is 2.09. The van der Waals surface area contributed by atoms with Gasteiger partial charge in [-0.15, -0.1) is 0 Å². The van der Waals surface area contributed by atoms with Crippen LogP contribution in [0.5, 0.6) is 0 Å². The zero-order valence-corrected chi connectivity index (χ0v) is 12.0. The fourth-order valence-electron chi connectivity index (χ4n) is 1.49. The molecule has 1 rings (SSSR count). The van der Waals surface area contributed by atoms with E-state index in [0.29, 0.717) is 6.10 Å². The molecule has 1 aliphatic carbocycles. The molecule has 0 N–H and O–H groups in total. The van der Waals surface area contributed by atoms with Gasteiger partial charge in [-0.05, 0) is 0 Å². The summed E-state index contributed by atoms with van der Waals surface area (Å²) in [6, 6.07) is 0. The molecule has 2 atom stereocenters. The van der Waals surface area contributed by atoms with E-state index < -0.39 is 23.3 Å². The molecule has 9 heavy (non-hydrogen) atoms. The molecule has 0 amide bonds. The van der Waals surface area contributed by atoms with Gasteiger partial charge >= 0.3 is 72.2 Å². The first-order chi connectivity index (χ1) is 4.38. The molecule has 50 valence electrons. The second-order valence-electron chi connectivity index (χ2n) is 2.62. The van der Waals surface area contributed by atoms with Gasteiger partial charge in [0.1, 0.15) is 0 Å². The van der Waals surface area contributed by atoms with Gasteiger partial charge < -0.3 is 0 Å². The molecule has 1 saturated carbocycles. The summed E-state index contributed by atoms with van der Waals surface area (Å²) in [4.78, 5) is 0. The van der Waals surface area contributed by atoms with Crippen molar-refractivity contribution in [2.75, 3.05) is 7.11 Å². The molecular formula is C6H11ClHgO. The molecule has 1 fully saturated rings. The Morgan fingerprint density at radius 3 is 2.78 bits per heavy atom. The van der Waals surface area contributed by atoms with Gasteiger partial charge in [0.25, 0.3) is 0 Å². The van der Waals surface area contributed by atoms with Crippen molar-refractivity contribution in [3.8, 4) is 0 Å². The van der Waals surface area contributed by atoms with Crippen LogP contribution in [0.15, 0.2) is 0 Å². The van der Waals surface area contributed by atoms with Crippen LogP contribution in [-0.4, -0.2) is 13.2 Å². The number of ether oxygens (including phenoxy) is 1. The molecule has 0 spiro atoms. The van der Waals surface area contributed by atoms with Gasteiger partial charge in [0.05, 0.1) is 0 Å². The van der Waals surface area contributed by atoms with Gasteiger partial charge in [-0.3, -0.25) is 0 Å². The summed E-state index contributed by atoms with van der Waals surface area (Å²) < 4.78 is 6.13. The van der Waals surface area contributed by atoms with Crippen LogP contribution in [0.3, 0.4) is 0 Å². The molecular weight excluding hydrogens is 324 g/mol. The molecule has 0 aromatic carbocycles. The summed E-state index contributed by atoms with van der Waals surface area (Å²) in [5, 5.41) is 0. The Balaban J connectivity index is 2.32. The van der Waals surface area contributed by atoms with Crippen LogP contribution in [0.4, 0.5) is 0 Å². The van der Waals surface area contributed by atoms with Crippen molar-refractivity contribution < 1.29 is 28.1 Å². The van der Waals surface area contributed by atoms with Crippen LogP contribution < -0.4 is 0 Å². The molecule has 1 aliphatic rings. The topological polar surface area (TPSA) is 9.23 Å². The van der Waals surface area contributed by atoms with Gasteiger partial charge in [-0.2, -0.15) is 0 Å². The molecule has 0 radical (unpaired) electrons. The second kappa shape index (κ2) is 4.14. The zero-order chi connectivity index (χ0) is 6.69. The molecule has 0 heterocycles. The number of hydrogen-bond acceptors (Lipinski definition) is 1. The van der Waals surface area contributed by atoms with Crippen molar-refractivity contribution in [1.82, 2.24) is 0 Å². The van der Waals surface area contributed by atoms with Crippen molar-refractivity contribution in [1.29, 1.82) is 0 Å². The van der Waals surface area contributed by atoms with Gasteiger partial charge in [0, 0.05) is 0 Å². The van der Waals surface area contributed by atoms with E-state index >= 15 is 0 Å². The normalized spacial score (nSPS) is 34.4. The van der Waals surface area contributed by atoms with E-state index in [1.807, 2.05) is 7.11 Å². The Labute approximate surface area is 72.0 Å². The molecule has 3 heteroatoms. The number of halogens is 1. The van der Waals surface area contributed by atoms with E-state index in [2.05, 4.69) is 0 Å². The molecule has 0 bridgehead atoms. The Bertz CT molecular complexity index is 79.1. The minimum absolute atomic E-state index is 0.546. The Morgan fingerprint density at radius 1 is 1.56 bits per heavy atom. The summed E-state index contributed by atoms with van der Waals surface area (Å²) in [5.41, 5.74) is 0. The zero-order valence-electron chi connectivity index (χ0n) is 5.77. The number of rotatable bonds is 2. The maximum absolute atomic E-state index is 5.92. The summed E-state index contributed by atoms with van der Waals surface area (Å²) in [6.07, 6.45) is 4.50. The Hall–Kier alpha value is 1.19. The van der Waals surface area contributed by atoms with Gasteiger partial charge in [-0.1, -0.05) is 0 Å². The average molecular weight is 335 g/mol. The summed E-state index contributed by atoms with van der Waals surface area (Å²) in [7, 11) is 7.73. The maximum atomic E-state index is 5.92. The second-order valence-corrected chi connectivity index (χ2v) is 10.6. The van der Waals surface area contributed by atoms with Crippen molar-refractivity contribution in [2.45, 2.75) is 28.8 Å². The van der Waals surface area contributed by atoms with Crippen molar-refractivity contribution >= 4 is 8.25 Å². The molecule has 0 aromatic heterocycles. The molecule has 0 saturated heterocycles. The third kappa shape index (κ3) is 2.06. The summed E-state index contributed by atoms with van der Waals surface area (Å²) in [5.74, 6) is 0. The van der Waals surface area contributed by atoms with E-state index in [-0.39, 0.29) is 0 Å². The summed E-state index contributed by atoms with van der Waals surface area (Å²) in [6.45, 7) is 0. The van der Waals surface area contributed by atoms with E-state index in [4.69, 9.17) is 13.0 Å². The van der Waals surface area contributed by atoms with Crippen molar-refractivity contribution in [2.24, 2.45) is 0 Å². The number of hydrogen-bond donors (Lipinski definition) is 0. The van der Waals surface area contributed by atoms with Gasteiger partial charge in [-0.25, -0.2) is 0 Å². The Kier molecular flexibility index (Phi) is 3.81. The van der Waals surface area contributed by atoms with Crippen LogP contribution in [-0.2, 0) is 28.1 Å². The number of methoxy groups -OCH3 is 1. The first kappa shape index (κ1) is 8.28. The molecule has 0 aliphatic heterocycles. The van der Waals surface area contributed by atoms with E-state index in [0.717, 1.165) is 3.43 Å². The van der Waals surface area contributed by atoms with Crippen molar-refractivity contribution in [3.05, 3.63) is 0 Å². The predicted octanol–water partition coefficient (Wildman–Crippen LogP) is 2.21. The van der Waals surface area contributed by atoms with Crippen molar-refractivity contribution in [3.63, 3.8) is 0 Å². The first-order valence-electron chi connectivity index (χ1n) is 3.47. The molecule has 1 nitrogen and oxygen atoms in total. The molecule has 0 unspecified atom stereocenters. The average Bonchev–Trinajstić information content (AvgIpc) is 2.33. The van der Waals surface area contributed by atoms with Gasteiger partial charge in [0.2, 0.25) is 0 Å². The first-order valence-corrected chi connectivity index (χ1v) is 13.4. The van der Waals surface area contributed by atoms with E-state index in [1.54, 1.807) is 0 Å². The monoisotopic (exact) mass is 336 g/mol. The van der Waals surface area contributed by atoms with Crippen LogP contribution in [0, 0.1) is 0 Å². The fraction of sp³-hybridized carbons (Fsp3) is 1.00. The summed E-state index contributed by atoms with van der Waals surface area (Å²) >= 11 is -0.971. The van der Waals surface area contributed by atoms with Crippen LogP contribution in [0.2, 0.25) is 3.43 Å². The van der Waals surface area contributed by atoms with Crippen LogP contribution in [0.25, 0.3) is 0 Å². The fourth-order valence-corrected chi connectivity index (χ4v) is 8.75. The predicted molar refractivity (Wildman–Crippen MR) is 34.3 cm³/mol. The molecule has 0 aromatic rings.